The lowest BCUT2D eigenvalue weighted by Crippen LogP contribution is -2.24. The fourth-order valence-corrected chi connectivity index (χ4v) is 1.16. The molecule has 0 fully saturated rings. The van der Waals surface area contributed by atoms with E-state index in [-0.39, 0.29) is 18.1 Å². The van der Waals surface area contributed by atoms with Crippen LogP contribution in [-0.4, -0.2) is 17.6 Å². The molecule has 0 unspecified atom stereocenters. The predicted molar refractivity (Wildman–Crippen MR) is 58.3 cm³/mol. The quantitative estimate of drug-likeness (QED) is 0.719. The van der Waals surface area contributed by atoms with Gasteiger partial charge in [-0.15, -0.1) is 6.42 Å². The molecule has 0 aliphatic heterocycles. The Morgan fingerprint density at radius 2 is 2.07 bits per heavy atom. The van der Waals surface area contributed by atoms with Crippen molar-refractivity contribution in [1.82, 2.24) is 5.32 Å². The minimum atomic E-state index is -0.128. The third-order valence-corrected chi connectivity index (χ3v) is 1.93. The third kappa shape index (κ3) is 4.19. The number of terminal acetylenes is 1. The summed E-state index contributed by atoms with van der Waals surface area (Å²) in [5.74, 6) is 2.40. The first-order chi connectivity index (χ1) is 7.22. The van der Waals surface area contributed by atoms with Crippen LogP contribution in [0.3, 0.4) is 0 Å². The number of benzene rings is 1. The zero-order valence-electron chi connectivity index (χ0n) is 8.36. The van der Waals surface area contributed by atoms with E-state index in [1.54, 1.807) is 12.1 Å². The number of aromatic hydroxyl groups is 1. The normalized spacial score (nSPS) is 9.27. The molecule has 0 bridgehead atoms. The SMILES string of the molecule is C#CCC(=O)NCCc1ccc(O)cc1. The van der Waals surface area contributed by atoms with E-state index in [9.17, 15) is 4.79 Å². The van der Waals surface area contributed by atoms with E-state index in [2.05, 4.69) is 11.2 Å². The molecule has 0 atom stereocenters. The molecule has 15 heavy (non-hydrogen) atoms. The van der Waals surface area contributed by atoms with Gasteiger partial charge in [-0.25, -0.2) is 0 Å². The van der Waals surface area contributed by atoms with Gasteiger partial charge in [0.2, 0.25) is 5.91 Å². The van der Waals surface area contributed by atoms with E-state index in [0.29, 0.717) is 6.54 Å². The highest BCUT2D eigenvalue weighted by molar-refractivity contribution is 5.78. The Morgan fingerprint density at radius 1 is 1.40 bits per heavy atom. The Balaban J connectivity index is 2.29. The van der Waals surface area contributed by atoms with Crippen molar-refractivity contribution in [2.75, 3.05) is 6.54 Å². The topological polar surface area (TPSA) is 49.3 Å². The lowest BCUT2D eigenvalue weighted by atomic mass is 10.1. The van der Waals surface area contributed by atoms with Crippen molar-refractivity contribution >= 4 is 5.91 Å². The molecule has 0 aromatic heterocycles. The van der Waals surface area contributed by atoms with Crippen LogP contribution in [0, 0.1) is 12.3 Å². The number of carbonyl (C=O) groups excluding carboxylic acids is 1. The van der Waals surface area contributed by atoms with Crippen LogP contribution in [0.1, 0.15) is 12.0 Å². The molecular weight excluding hydrogens is 190 g/mol. The first kappa shape index (κ1) is 11.1. The molecule has 1 aromatic carbocycles. The third-order valence-electron chi connectivity index (χ3n) is 1.93. The first-order valence-corrected chi connectivity index (χ1v) is 4.70. The molecule has 1 aromatic rings. The molecule has 0 radical (unpaired) electrons. The molecule has 0 saturated carbocycles. The van der Waals surface area contributed by atoms with E-state index < -0.39 is 0 Å². The summed E-state index contributed by atoms with van der Waals surface area (Å²) in [4.78, 5) is 11.0. The fourth-order valence-electron chi connectivity index (χ4n) is 1.16. The lowest BCUT2D eigenvalue weighted by molar-refractivity contribution is -0.120. The molecule has 0 saturated heterocycles. The molecule has 0 spiro atoms. The molecule has 0 aliphatic rings. The number of amides is 1. The van der Waals surface area contributed by atoms with Gasteiger partial charge in [0.25, 0.3) is 0 Å². The molecule has 3 heteroatoms. The maximum atomic E-state index is 11.0. The van der Waals surface area contributed by atoms with Crippen molar-refractivity contribution in [1.29, 1.82) is 0 Å². The van der Waals surface area contributed by atoms with E-state index in [4.69, 9.17) is 11.5 Å². The highest BCUT2D eigenvalue weighted by Gasteiger charge is 1.98. The van der Waals surface area contributed by atoms with Crippen molar-refractivity contribution in [2.24, 2.45) is 0 Å². The van der Waals surface area contributed by atoms with Crippen LogP contribution in [0.5, 0.6) is 5.75 Å². The van der Waals surface area contributed by atoms with Gasteiger partial charge in [0.05, 0.1) is 6.42 Å². The number of hydrogen-bond acceptors (Lipinski definition) is 2. The van der Waals surface area contributed by atoms with Gasteiger partial charge in [-0.05, 0) is 24.1 Å². The lowest BCUT2D eigenvalue weighted by Gasteiger charge is -2.03. The van der Waals surface area contributed by atoms with Gasteiger partial charge < -0.3 is 10.4 Å². The van der Waals surface area contributed by atoms with Crippen molar-refractivity contribution in [3.63, 3.8) is 0 Å². The van der Waals surface area contributed by atoms with Gasteiger partial charge in [-0.1, -0.05) is 18.1 Å². The summed E-state index contributed by atoms with van der Waals surface area (Å²) < 4.78 is 0. The fraction of sp³-hybridized carbons (Fsp3) is 0.250. The second kappa shape index (κ2) is 5.71. The zero-order valence-corrected chi connectivity index (χ0v) is 8.36. The molecular formula is C12H13NO2. The Bertz CT molecular complexity index is 362. The summed E-state index contributed by atoms with van der Waals surface area (Å²) in [7, 11) is 0. The molecule has 2 N–H and O–H groups in total. The maximum absolute atomic E-state index is 11.0. The Labute approximate surface area is 89.1 Å². The molecule has 78 valence electrons. The summed E-state index contributed by atoms with van der Waals surface area (Å²) >= 11 is 0. The monoisotopic (exact) mass is 203 g/mol. The standard InChI is InChI=1S/C12H13NO2/c1-2-3-12(15)13-9-8-10-4-6-11(14)7-5-10/h1,4-7,14H,3,8-9H2,(H,13,15). The Morgan fingerprint density at radius 3 is 2.67 bits per heavy atom. The second-order valence-electron chi connectivity index (χ2n) is 3.15. The number of nitrogens with one attached hydrogen (secondary N) is 1. The van der Waals surface area contributed by atoms with E-state index in [0.717, 1.165) is 12.0 Å². The van der Waals surface area contributed by atoms with E-state index in [1.807, 2.05) is 12.1 Å². The highest BCUT2D eigenvalue weighted by Crippen LogP contribution is 2.09. The Hall–Kier alpha value is -1.95. The second-order valence-corrected chi connectivity index (χ2v) is 3.15. The van der Waals surface area contributed by atoms with Gasteiger partial charge in [-0.2, -0.15) is 0 Å². The highest BCUT2D eigenvalue weighted by atomic mass is 16.3. The molecule has 3 nitrogen and oxygen atoms in total. The van der Waals surface area contributed by atoms with Crippen molar-refractivity contribution in [3.8, 4) is 18.1 Å². The number of phenolic OH excluding ortho intramolecular Hbond substituents is 1. The van der Waals surface area contributed by atoms with Crippen molar-refractivity contribution in [2.45, 2.75) is 12.8 Å². The van der Waals surface area contributed by atoms with Gasteiger partial charge in [0.15, 0.2) is 0 Å². The van der Waals surface area contributed by atoms with Crippen LogP contribution in [0.4, 0.5) is 0 Å². The summed E-state index contributed by atoms with van der Waals surface area (Å²) in [6.45, 7) is 0.561. The van der Waals surface area contributed by atoms with Gasteiger partial charge in [0, 0.05) is 6.54 Å². The molecule has 0 heterocycles. The molecule has 1 amide bonds. The summed E-state index contributed by atoms with van der Waals surface area (Å²) in [5.41, 5.74) is 1.06. The number of phenols is 1. The first-order valence-electron chi connectivity index (χ1n) is 4.70. The van der Waals surface area contributed by atoms with Crippen molar-refractivity contribution < 1.29 is 9.90 Å². The van der Waals surface area contributed by atoms with E-state index in [1.165, 1.54) is 0 Å². The minimum absolute atomic E-state index is 0.121. The minimum Gasteiger partial charge on any atom is -0.508 e. The maximum Gasteiger partial charge on any atom is 0.232 e. The zero-order chi connectivity index (χ0) is 11.1. The van der Waals surface area contributed by atoms with Crippen LogP contribution in [-0.2, 0) is 11.2 Å². The predicted octanol–water partition coefficient (Wildman–Crippen LogP) is 1.07. The van der Waals surface area contributed by atoms with Gasteiger partial charge in [0.1, 0.15) is 5.75 Å². The largest absolute Gasteiger partial charge is 0.508 e. The Kier molecular flexibility index (Phi) is 4.24. The van der Waals surface area contributed by atoms with Crippen LogP contribution >= 0.6 is 0 Å². The summed E-state index contributed by atoms with van der Waals surface area (Å²) in [6.07, 6.45) is 5.84. The van der Waals surface area contributed by atoms with Crippen LogP contribution in [0.25, 0.3) is 0 Å². The summed E-state index contributed by atoms with van der Waals surface area (Å²) in [6, 6.07) is 6.89. The number of rotatable bonds is 4. The average molecular weight is 203 g/mol. The molecule has 0 aliphatic carbocycles. The van der Waals surface area contributed by atoms with Crippen LogP contribution < -0.4 is 5.32 Å². The molecule has 1 rings (SSSR count). The van der Waals surface area contributed by atoms with Crippen LogP contribution in [0.2, 0.25) is 0 Å². The van der Waals surface area contributed by atoms with Crippen molar-refractivity contribution in [3.05, 3.63) is 29.8 Å². The average Bonchev–Trinajstić information content (AvgIpc) is 2.21. The number of hydrogen-bond donors (Lipinski definition) is 2. The van der Waals surface area contributed by atoms with Gasteiger partial charge in [-0.3, -0.25) is 4.79 Å². The van der Waals surface area contributed by atoms with Crippen LogP contribution in [0.15, 0.2) is 24.3 Å². The number of carbonyl (C=O) groups is 1. The van der Waals surface area contributed by atoms with Gasteiger partial charge >= 0.3 is 0 Å². The smallest absolute Gasteiger partial charge is 0.232 e. The summed E-state index contributed by atoms with van der Waals surface area (Å²) in [5, 5.41) is 11.8. The van der Waals surface area contributed by atoms with E-state index >= 15 is 0 Å².